The molecule has 0 unspecified atom stereocenters. The average Bonchev–Trinajstić information content (AvgIpc) is 3.15. The summed E-state index contributed by atoms with van der Waals surface area (Å²) in [5.74, 6) is 0.220. The van der Waals surface area contributed by atoms with E-state index in [1.165, 1.54) is 17.8 Å². The zero-order valence-electron chi connectivity index (χ0n) is 14.3. The first-order chi connectivity index (χ1) is 12.7. The average molecular weight is 346 g/mol. The van der Waals surface area contributed by atoms with E-state index in [-0.39, 0.29) is 5.82 Å². The van der Waals surface area contributed by atoms with Crippen LogP contribution in [0, 0.1) is 17.1 Å². The smallest absolute Gasteiger partial charge is 0.141 e. The maximum atomic E-state index is 13.4. The lowest BCUT2D eigenvalue weighted by molar-refractivity contribution is 0.454. The molecule has 5 heteroatoms. The first kappa shape index (κ1) is 16.5. The second-order valence-corrected chi connectivity index (χ2v) is 6.59. The van der Waals surface area contributed by atoms with E-state index < -0.39 is 0 Å². The normalized spacial score (nSPS) is 14.9. The Morgan fingerprint density at radius 2 is 1.81 bits per heavy atom. The summed E-state index contributed by atoms with van der Waals surface area (Å²) in [5, 5.41) is 12.6. The highest BCUT2D eigenvalue weighted by molar-refractivity contribution is 5.82. The lowest BCUT2D eigenvalue weighted by Crippen LogP contribution is -2.26. The summed E-state index contributed by atoms with van der Waals surface area (Å²) < 4.78 is 13.4. The third kappa shape index (κ3) is 3.24. The zero-order valence-corrected chi connectivity index (χ0v) is 14.3. The number of halogens is 1. The van der Waals surface area contributed by atoms with Gasteiger partial charge in [-0.25, -0.2) is 9.37 Å². The number of aromatic nitrogens is 2. The van der Waals surface area contributed by atoms with Crippen molar-refractivity contribution >= 4 is 0 Å². The molecule has 0 aliphatic carbocycles. The van der Waals surface area contributed by atoms with E-state index in [9.17, 15) is 4.39 Å². The summed E-state index contributed by atoms with van der Waals surface area (Å²) >= 11 is 0. The van der Waals surface area contributed by atoms with Crippen molar-refractivity contribution < 1.29 is 4.39 Å². The first-order valence-electron chi connectivity index (χ1n) is 8.80. The predicted molar refractivity (Wildman–Crippen MR) is 99.0 cm³/mol. The summed E-state index contributed by atoms with van der Waals surface area (Å²) in [6, 6.07) is 14.5. The highest BCUT2D eigenvalue weighted by Crippen LogP contribution is 2.36. The molecule has 0 atom stereocenters. The maximum absolute atomic E-state index is 13.4. The van der Waals surface area contributed by atoms with Gasteiger partial charge in [-0.05, 0) is 79.5 Å². The fraction of sp³-hybridized carbons (Fsp3) is 0.238. The molecule has 0 amide bonds. The van der Waals surface area contributed by atoms with Gasteiger partial charge in [0, 0.05) is 23.4 Å². The van der Waals surface area contributed by atoms with Gasteiger partial charge < -0.3 is 10.3 Å². The van der Waals surface area contributed by atoms with E-state index >= 15 is 0 Å². The number of hydrogen-bond acceptors (Lipinski definition) is 3. The van der Waals surface area contributed by atoms with E-state index in [1.807, 2.05) is 6.07 Å². The van der Waals surface area contributed by atoms with E-state index in [4.69, 9.17) is 5.26 Å². The summed E-state index contributed by atoms with van der Waals surface area (Å²) in [4.78, 5) is 7.63. The van der Waals surface area contributed by atoms with E-state index in [0.717, 1.165) is 48.3 Å². The summed E-state index contributed by atoms with van der Waals surface area (Å²) in [6.07, 6.45) is 3.82. The fourth-order valence-electron chi connectivity index (χ4n) is 3.56. The van der Waals surface area contributed by atoms with E-state index in [0.29, 0.717) is 11.6 Å². The van der Waals surface area contributed by atoms with Crippen molar-refractivity contribution in [1.82, 2.24) is 15.3 Å². The van der Waals surface area contributed by atoms with Gasteiger partial charge in [0.2, 0.25) is 0 Å². The molecule has 1 aliphatic heterocycles. The van der Waals surface area contributed by atoms with Crippen LogP contribution in [0.2, 0.25) is 0 Å². The molecule has 26 heavy (non-hydrogen) atoms. The van der Waals surface area contributed by atoms with E-state index in [2.05, 4.69) is 27.4 Å². The van der Waals surface area contributed by atoms with Crippen LogP contribution >= 0.6 is 0 Å². The van der Waals surface area contributed by atoms with Gasteiger partial charge in [0.25, 0.3) is 0 Å². The minimum absolute atomic E-state index is 0.254. The molecule has 3 aromatic rings. The monoisotopic (exact) mass is 346 g/mol. The Morgan fingerprint density at radius 1 is 1.04 bits per heavy atom. The third-order valence-electron chi connectivity index (χ3n) is 4.94. The molecule has 2 N–H and O–H groups in total. The predicted octanol–water partition coefficient (Wildman–Crippen LogP) is 4.22. The molecule has 130 valence electrons. The van der Waals surface area contributed by atoms with Crippen molar-refractivity contribution in [2.45, 2.75) is 18.8 Å². The molecule has 4 nitrogen and oxygen atoms in total. The molecule has 1 aromatic carbocycles. The van der Waals surface area contributed by atoms with Crippen molar-refractivity contribution in [3.63, 3.8) is 0 Å². The number of aromatic amines is 1. The van der Waals surface area contributed by atoms with Crippen LogP contribution in [0.1, 0.15) is 30.1 Å². The standard InChI is InChI=1S/C21H19FN4/c22-17-3-1-15(2-4-17)21-19(16-7-10-25-18(11-16)13-23)12-20(26-21)14-5-8-24-9-6-14/h1-4,7,10-12,14,24,26H,5-6,8-9H2. The number of H-pyrrole nitrogens is 1. The molecule has 1 saturated heterocycles. The van der Waals surface area contributed by atoms with Crippen LogP contribution in [-0.4, -0.2) is 23.1 Å². The summed E-state index contributed by atoms with van der Waals surface area (Å²) in [5.41, 5.74) is 5.41. The van der Waals surface area contributed by atoms with Crippen LogP contribution in [-0.2, 0) is 0 Å². The number of piperidine rings is 1. The lowest BCUT2D eigenvalue weighted by Gasteiger charge is -2.21. The molecule has 1 aliphatic rings. The van der Waals surface area contributed by atoms with Crippen molar-refractivity contribution in [2.24, 2.45) is 0 Å². The van der Waals surface area contributed by atoms with Crippen LogP contribution in [0.3, 0.4) is 0 Å². The number of pyridine rings is 1. The quantitative estimate of drug-likeness (QED) is 0.746. The Labute approximate surface area is 151 Å². The van der Waals surface area contributed by atoms with Crippen LogP contribution in [0.15, 0.2) is 48.7 Å². The highest BCUT2D eigenvalue weighted by Gasteiger charge is 2.20. The summed E-state index contributed by atoms with van der Waals surface area (Å²) in [6.45, 7) is 2.03. The van der Waals surface area contributed by atoms with Gasteiger partial charge in [0.05, 0.1) is 5.69 Å². The minimum Gasteiger partial charge on any atom is -0.358 e. The van der Waals surface area contributed by atoms with Crippen LogP contribution in [0.5, 0.6) is 0 Å². The molecule has 3 heterocycles. The van der Waals surface area contributed by atoms with Crippen molar-refractivity contribution in [3.8, 4) is 28.5 Å². The molecule has 0 spiro atoms. The van der Waals surface area contributed by atoms with Gasteiger partial charge in [-0.3, -0.25) is 0 Å². The summed E-state index contributed by atoms with van der Waals surface area (Å²) in [7, 11) is 0. The molecule has 4 rings (SSSR count). The first-order valence-corrected chi connectivity index (χ1v) is 8.80. The molecule has 0 saturated carbocycles. The maximum Gasteiger partial charge on any atom is 0.141 e. The van der Waals surface area contributed by atoms with Gasteiger partial charge >= 0.3 is 0 Å². The van der Waals surface area contributed by atoms with Gasteiger partial charge in [-0.15, -0.1) is 0 Å². The molecule has 2 aromatic heterocycles. The number of hydrogen-bond donors (Lipinski definition) is 2. The molecule has 0 bridgehead atoms. The molecule has 1 fully saturated rings. The number of nitrogens with zero attached hydrogens (tertiary/aromatic N) is 2. The Hall–Kier alpha value is -2.97. The van der Waals surface area contributed by atoms with Crippen LogP contribution in [0.4, 0.5) is 4.39 Å². The topological polar surface area (TPSA) is 64.5 Å². The van der Waals surface area contributed by atoms with Crippen molar-refractivity contribution in [2.75, 3.05) is 13.1 Å². The minimum atomic E-state index is -0.254. The Balaban J connectivity index is 1.83. The van der Waals surface area contributed by atoms with Gasteiger partial charge in [0.1, 0.15) is 17.6 Å². The van der Waals surface area contributed by atoms with Crippen LogP contribution in [0.25, 0.3) is 22.4 Å². The lowest BCUT2D eigenvalue weighted by atomic mass is 9.94. The van der Waals surface area contributed by atoms with Gasteiger partial charge in [0.15, 0.2) is 0 Å². The number of rotatable bonds is 3. The van der Waals surface area contributed by atoms with Crippen molar-refractivity contribution in [3.05, 3.63) is 65.9 Å². The number of benzene rings is 1. The molecular weight excluding hydrogens is 327 g/mol. The largest absolute Gasteiger partial charge is 0.358 e. The SMILES string of the molecule is N#Cc1cc(-c2cc(C3CCNCC3)[nH]c2-c2ccc(F)cc2)ccn1. The molecular formula is C21H19FN4. The Morgan fingerprint density at radius 3 is 2.54 bits per heavy atom. The molecule has 0 radical (unpaired) electrons. The Bertz CT molecular complexity index is 947. The second kappa shape index (κ2) is 7.11. The third-order valence-corrected chi connectivity index (χ3v) is 4.94. The zero-order chi connectivity index (χ0) is 17.9. The fourth-order valence-corrected chi connectivity index (χ4v) is 3.56. The second-order valence-electron chi connectivity index (χ2n) is 6.59. The number of nitriles is 1. The van der Waals surface area contributed by atoms with Crippen molar-refractivity contribution in [1.29, 1.82) is 5.26 Å². The van der Waals surface area contributed by atoms with E-state index in [1.54, 1.807) is 24.4 Å². The van der Waals surface area contributed by atoms with Gasteiger partial charge in [-0.1, -0.05) is 0 Å². The Kier molecular flexibility index (Phi) is 4.51. The van der Waals surface area contributed by atoms with Gasteiger partial charge in [-0.2, -0.15) is 5.26 Å². The van der Waals surface area contributed by atoms with Crippen LogP contribution < -0.4 is 5.32 Å². The number of nitrogens with one attached hydrogen (secondary N) is 2. The highest BCUT2D eigenvalue weighted by atomic mass is 19.1.